The lowest BCUT2D eigenvalue weighted by atomic mass is 10.1. The number of carbonyl (C=O) groups excluding carboxylic acids is 1. The van der Waals surface area contributed by atoms with E-state index in [1.54, 1.807) is 18.5 Å². The van der Waals surface area contributed by atoms with E-state index >= 15 is 0 Å². The molecule has 1 aromatic carbocycles. The summed E-state index contributed by atoms with van der Waals surface area (Å²) in [6, 6.07) is 3.39. The zero-order chi connectivity index (χ0) is 14.0. The minimum atomic E-state index is -0.496. The summed E-state index contributed by atoms with van der Waals surface area (Å²) in [5.74, 6) is -0.188. The van der Waals surface area contributed by atoms with E-state index in [2.05, 4.69) is 15.5 Å². The molecule has 19 heavy (non-hydrogen) atoms. The van der Waals surface area contributed by atoms with Crippen LogP contribution in [-0.4, -0.2) is 30.9 Å². The third-order valence-electron chi connectivity index (χ3n) is 2.71. The molecule has 0 aliphatic carbocycles. The number of hydrogen-bond donors (Lipinski definition) is 3. The molecule has 0 saturated carbocycles. The van der Waals surface area contributed by atoms with Crippen molar-refractivity contribution in [1.29, 1.82) is 0 Å². The van der Waals surface area contributed by atoms with E-state index in [0.717, 1.165) is 0 Å². The van der Waals surface area contributed by atoms with Gasteiger partial charge < -0.3 is 20.1 Å². The van der Waals surface area contributed by atoms with E-state index in [1.165, 1.54) is 24.5 Å². The number of nitrogens with zero attached hydrogens (tertiary/aromatic N) is 3. The third-order valence-corrected chi connectivity index (χ3v) is 2.71. The van der Waals surface area contributed by atoms with Crippen molar-refractivity contribution in [3.8, 4) is 11.5 Å². The van der Waals surface area contributed by atoms with Crippen LogP contribution in [0.1, 0.15) is 29.1 Å². The summed E-state index contributed by atoms with van der Waals surface area (Å²) in [5.41, 5.74) is 0.00835. The first-order valence-electron chi connectivity index (χ1n) is 5.65. The summed E-state index contributed by atoms with van der Waals surface area (Å²) in [6.45, 7) is 1.75. The van der Waals surface area contributed by atoms with Gasteiger partial charge >= 0.3 is 0 Å². The quantitative estimate of drug-likeness (QED) is 0.707. The molecule has 3 N–H and O–H groups in total. The van der Waals surface area contributed by atoms with E-state index in [4.69, 9.17) is 0 Å². The number of aromatic nitrogens is 3. The van der Waals surface area contributed by atoms with Crippen molar-refractivity contribution in [1.82, 2.24) is 20.1 Å². The summed E-state index contributed by atoms with van der Waals surface area (Å²) < 4.78 is 1.69. The topological polar surface area (TPSA) is 100 Å². The Morgan fingerprint density at radius 3 is 2.79 bits per heavy atom. The Bertz CT molecular complexity index is 609. The molecule has 100 valence electrons. The van der Waals surface area contributed by atoms with Crippen molar-refractivity contribution in [2.75, 3.05) is 0 Å². The lowest BCUT2D eigenvalue weighted by Crippen LogP contribution is -2.28. The van der Waals surface area contributed by atoms with Gasteiger partial charge in [0.1, 0.15) is 17.8 Å². The first kappa shape index (κ1) is 12.9. The molecule has 0 fully saturated rings. The minimum absolute atomic E-state index is 0.00835. The normalized spacial score (nSPS) is 12.1. The molecular weight excluding hydrogens is 248 g/mol. The average molecular weight is 262 g/mol. The van der Waals surface area contributed by atoms with Gasteiger partial charge in [0.05, 0.1) is 11.6 Å². The Morgan fingerprint density at radius 1 is 1.42 bits per heavy atom. The standard InChI is InChI=1S/C12H14N4O3/c1-7(11-15-13-6-16(11)2)14-12(19)9-5-8(17)3-4-10(9)18/h3-7,17-18H,1-2H3,(H,14,19). The van der Waals surface area contributed by atoms with Gasteiger partial charge in [-0.2, -0.15) is 0 Å². The van der Waals surface area contributed by atoms with E-state index in [9.17, 15) is 15.0 Å². The van der Waals surface area contributed by atoms with Crippen molar-refractivity contribution in [2.24, 2.45) is 7.05 Å². The van der Waals surface area contributed by atoms with Gasteiger partial charge in [-0.1, -0.05) is 0 Å². The highest BCUT2D eigenvalue weighted by atomic mass is 16.3. The summed E-state index contributed by atoms with van der Waals surface area (Å²) in [5, 5.41) is 29.2. The van der Waals surface area contributed by atoms with Gasteiger partial charge in [0.25, 0.3) is 5.91 Å². The van der Waals surface area contributed by atoms with Crippen molar-refractivity contribution in [2.45, 2.75) is 13.0 Å². The maximum atomic E-state index is 12.0. The number of hydrogen-bond acceptors (Lipinski definition) is 5. The zero-order valence-corrected chi connectivity index (χ0v) is 10.5. The van der Waals surface area contributed by atoms with Gasteiger partial charge in [0, 0.05) is 7.05 Å². The van der Waals surface area contributed by atoms with E-state index < -0.39 is 5.91 Å². The van der Waals surface area contributed by atoms with Gasteiger partial charge in [0.15, 0.2) is 5.82 Å². The van der Waals surface area contributed by atoms with Gasteiger partial charge in [-0.15, -0.1) is 10.2 Å². The van der Waals surface area contributed by atoms with Crippen molar-refractivity contribution >= 4 is 5.91 Å². The Kier molecular flexibility index (Phi) is 3.37. The first-order chi connectivity index (χ1) is 8.99. The Labute approximate surface area is 109 Å². The van der Waals surface area contributed by atoms with Crippen molar-refractivity contribution in [3.63, 3.8) is 0 Å². The monoisotopic (exact) mass is 262 g/mol. The largest absolute Gasteiger partial charge is 0.508 e. The van der Waals surface area contributed by atoms with E-state index in [1.807, 2.05) is 0 Å². The number of aromatic hydroxyl groups is 2. The first-order valence-corrected chi connectivity index (χ1v) is 5.65. The number of rotatable bonds is 3. The summed E-state index contributed by atoms with van der Waals surface area (Å²) >= 11 is 0. The second-order valence-electron chi connectivity index (χ2n) is 4.20. The van der Waals surface area contributed by atoms with Gasteiger partial charge in [-0.05, 0) is 25.1 Å². The predicted octanol–water partition coefficient (Wildman–Crippen LogP) is 0.717. The number of aryl methyl sites for hydroxylation is 1. The summed E-state index contributed by atoms with van der Waals surface area (Å²) in [4.78, 5) is 12.0. The Hall–Kier alpha value is -2.57. The number of phenolic OH excluding ortho intramolecular Hbond substituents is 2. The van der Waals surface area contributed by atoms with Crippen LogP contribution in [0.25, 0.3) is 0 Å². The third kappa shape index (κ3) is 2.65. The molecule has 0 aliphatic heterocycles. The summed E-state index contributed by atoms with van der Waals surface area (Å²) in [6.07, 6.45) is 1.53. The molecule has 0 bridgehead atoms. The van der Waals surface area contributed by atoms with Crippen LogP contribution in [0.2, 0.25) is 0 Å². The fraction of sp³-hybridized carbons (Fsp3) is 0.250. The lowest BCUT2D eigenvalue weighted by Gasteiger charge is -2.13. The number of benzene rings is 1. The molecule has 1 atom stereocenters. The van der Waals surface area contributed by atoms with Crippen LogP contribution >= 0.6 is 0 Å². The van der Waals surface area contributed by atoms with Crippen LogP contribution in [0.5, 0.6) is 11.5 Å². The molecule has 0 saturated heterocycles. The second kappa shape index (κ2) is 4.97. The molecule has 0 spiro atoms. The van der Waals surface area contributed by atoms with Crippen LogP contribution in [0.15, 0.2) is 24.5 Å². The van der Waals surface area contributed by atoms with Gasteiger partial charge in [-0.25, -0.2) is 0 Å². The fourth-order valence-electron chi connectivity index (χ4n) is 1.73. The SMILES string of the molecule is CC(NC(=O)c1cc(O)ccc1O)c1nncn1C. The molecule has 2 aromatic rings. The molecule has 7 heteroatoms. The number of amides is 1. The highest BCUT2D eigenvalue weighted by Crippen LogP contribution is 2.22. The second-order valence-corrected chi connectivity index (χ2v) is 4.20. The lowest BCUT2D eigenvalue weighted by molar-refractivity contribution is 0.0934. The fourth-order valence-corrected chi connectivity index (χ4v) is 1.73. The van der Waals surface area contributed by atoms with E-state index in [0.29, 0.717) is 5.82 Å². The summed E-state index contributed by atoms with van der Waals surface area (Å²) in [7, 11) is 1.77. The maximum absolute atomic E-state index is 12.0. The van der Waals surface area contributed by atoms with E-state index in [-0.39, 0.29) is 23.1 Å². The Morgan fingerprint density at radius 2 is 2.16 bits per heavy atom. The smallest absolute Gasteiger partial charge is 0.255 e. The van der Waals surface area contributed by atoms with Crippen LogP contribution in [0.4, 0.5) is 0 Å². The van der Waals surface area contributed by atoms with Crippen LogP contribution in [0, 0.1) is 0 Å². The number of carbonyl (C=O) groups is 1. The Balaban J connectivity index is 2.17. The molecule has 1 amide bonds. The molecule has 0 aliphatic rings. The van der Waals surface area contributed by atoms with Crippen molar-refractivity contribution in [3.05, 3.63) is 35.9 Å². The average Bonchev–Trinajstić information content (AvgIpc) is 2.78. The minimum Gasteiger partial charge on any atom is -0.508 e. The van der Waals surface area contributed by atoms with Crippen LogP contribution < -0.4 is 5.32 Å². The predicted molar refractivity (Wildman–Crippen MR) is 66.7 cm³/mol. The van der Waals surface area contributed by atoms with Crippen LogP contribution in [-0.2, 0) is 7.05 Å². The number of nitrogens with one attached hydrogen (secondary N) is 1. The molecule has 7 nitrogen and oxygen atoms in total. The molecular formula is C12H14N4O3. The molecule has 1 unspecified atom stereocenters. The molecule has 1 aromatic heterocycles. The maximum Gasteiger partial charge on any atom is 0.255 e. The number of phenols is 2. The highest BCUT2D eigenvalue weighted by molar-refractivity contribution is 5.97. The highest BCUT2D eigenvalue weighted by Gasteiger charge is 2.18. The zero-order valence-electron chi connectivity index (χ0n) is 10.5. The molecule has 2 rings (SSSR count). The van der Waals surface area contributed by atoms with Crippen LogP contribution in [0.3, 0.4) is 0 Å². The van der Waals surface area contributed by atoms with Gasteiger partial charge in [0.2, 0.25) is 0 Å². The molecule has 0 radical (unpaired) electrons. The van der Waals surface area contributed by atoms with Crippen molar-refractivity contribution < 1.29 is 15.0 Å². The molecule has 1 heterocycles. The van der Waals surface area contributed by atoms with Gasteiger partial charge in [-0.3, -0.25) is 4.79 Å².